The van der Waals surface area contributed by atoms with Crippen molar-refractivity contribution in [3.05, 3.63) is 140 Å². The molecule has 352 valence electrons. The summed E-state index contributed by atoms with van der Waals surface area (Å²) in [5.41, 5.74) is 6.43. The number of carbonyl (C=O) groups is 2. The maximum atomic E-state index is 14.1. The molecule has 0 radical (unpaired) electrons. The average Bonchev–Trinajstić information content (AvgIpc) is 3.24. The average molecular weight is 993 g/mol. The smallest absolute Gasteiger partial charge is 0.364 e. The van der Waals surface area contributed by atoms with Gasteiger partial charge in [-0.05, 0) is 76.3 Å². The van der Waals surface area contributed by atoms with Gasteiger partial charge >= 0.3 is 15.8 Å². The molecule has 6 rings (SSSR count). The number of benzene rings is 2. The molecule has 66 heavy (non-hydrogen) atoms. The van der Waals surface area contributed by atoms with Crippen LogP contribution in [0, 0.1) is 33.6 Å². The lowest BCUT2D eigenvalue weighted by Crippen LogP contribution is -2.31. The van der Waals surface area contributed by atoms with E-state index in [9.17, 15) is 45.3 Å². The zero-order valence-corrected chi connectivity index (χ0v) is 38.4. The number of sulfonamides is 1. The molecule has 0 aliphatic heterocycles. The molecule has 0 atom stereocenters. The van der Waals surface area contributed by atoms with Gasteiger partial charge in [-0.1, -0.05) is 57.0 Å². The first-order chi connectivity index (χ1) is 31.0. The number of Topliss-reactive ketones (excluding diaryl/α,β-unsaturated/α-hetero) is 1. The van der Waals surface area contributed by atoms with Crippen molar-refractivity contribution < 1.29 is 53.9 Å². The summed E-state index contributed by atoms with van der Waals surface area (Å²) in [5, 5.41) is 9.64. The van der Waals surface area contributed by atoms with Crippen LogP contribution < -0.4 is 19.9 Å². The number of sulfone groups is 1. The molecule has 17 nitrogen and oxygen atoms in total. The van der Waals surface area contributed by atoms with Crippen LogP contribution in [0.3, 0.4) is 0 Å². The highest BCUT2D eigenvalue weighted by atomic mass is 35.5. The normalized spacial score (nSPS) is 11.4. The maximum Gasteiger partial charge on any atom is 0.364 e. The van der Waals surface area contributed by atoms with Crippen molar-refractivity contribution in [2.24, 2.45) is 11.8 Å². The first-order valence-electron chi connectivity index (χ1n) is 19.4. The third-order valence-electron chi connectivity index (χ3n) is 8.54. The number of hydrogen-bond donors (Lipinski definition) is 2. The number of aromatic nitrogens is 4. The molecule has 0 saturated carbocycles. The van der Waals surface area contributed by atoms with Crippen molar-refractivity contribution in [2.45, 2.75) is 37.7 Å². The lowest BCUT2D eigenvalue weighted by Gasteiger charge is -2.11. The van der Waals surface area contributed by atoms with E-state index in [1.807, 2.05) is 27.7 Å². The summed E-state index contributed by atoms with van der Waals surface area (Å²) >= 11 is 12.4. The van der Waals surface area contributed by atoms with Crippen molar-refractivity contribution in [2.75, 3.05) is 24.7 Å². The quantitative estimate of drug-likeness (QED) is 0.0521. The van der Waals surface area contributed by atoms with Gasteiger partial charge in [-0.3, -0.25) is 19.6 Å². The van der Waals surface area contributed by atoms with E-state index in [1.165, 1.54) is 60.8 Å². The monoisotopic (exact) mass is 991 g/mol. The lowest BCUT2D eigenvalue weighted by molar-refractivity contribution is -0.390. The van der Waals surface area contributed by atoms with Gasteiger partial charge in [-0.25, -0.2) is 26.9 Å². The second kappa shape index (κ2) is 21.5. The zero-order chi connectivity index (χ0) is 48.5. The maximum absolute atomic E-state index is 14.1. The summed E-state index contributed by atoms with van der Waals surface area (Å²) in [6.45, 7) is 8.63. The molecule has 0 fully saturated rings. The molecule has 4 aromatic heterocycles. The van der Waals surface area contributed by atoms with E-state index < -0.39 is 64.7 Å². The van der Waals surface area contributed by atoms with Crippen LogP contribution in [0.1, 0.15) is 52.7 Å². The molecule has 0 unspecified atom stereocenters. The predicted octanol–water partition coefficient (Wildman–Crippen LogP) is 8.95. The highest BCUT2D eigenvalue weighted by Gasteiger charge is 2.28. The highest BCUT2D eigenvalue weighted by Crippen LogP contribution is 2.30. The third kappa shape index (κ3) is 13.7. The number of pyridine rings is 4. The van der Waals surface area contributed by atoms with Gasteiger partial charge in [0.1, 0.15) is 34.7 Å². The van der Waals surface area contributed by atoms with E-state index in [-0.39, 0.29) is 53.8 Å². The number of amides is 1. The Morgan fingerprint density at radius 1 is 0.758 bits per heavy atom. The Bertz CT molecular complexity index is 3060. The van der Waals surface area contributed by atoms with Gasteiger partial charge < -0.3 is 25.3 Å². The number of ketones is 1. The van der Waals surface area contributed by atoms with Gasteiger partial charge in [0.05, 0.1) is 45.8 Å². The fourth-order valence-electron chi connectivity index (χ4n) is 5.48. The van der Waals surface area contributed by atoms with Gasteiger partial charge in [0.2, 0.25) is 9.84 Å². The molecule has 1 amide bonds. The molecule has 23 heteroatoms. The molecule has 3 N–H and O–H groups in total. The number of hydrogen-bond acceptors (Lipinski definition) is 15. The van der Waals surface area contributed by atoms with Crippen LogP contribution in [0.25, 0.3) is 22.5 Å². The first kappa shape index (κ1) is 50.3. The van der Waals surface area contributed by atoms with Crippen LogP contribution in [-0.2, 0) is 19.9 Å². The van der Waals surface area contributed by atoms with Crippen molar-refractivity contribution in [3.8, 4) is 34.0 Å². The van der Waals surface area contributed by atoms with Crippen molar-refractivity contribution in [3.63, 3.8) is 0 Å². The predicted molar refractivity (Wildman–Crippen MR) is 247 cm³/mol. The SMILES string of the molecule is CC(C)COc1cc(F)cc(-c2cc(Cl)c(C(=O)CS(=O)(=O)c3cccc(N)n3)cn2)c1.CC(C)COc1cc(F)cc(-c2cc(Cl)c(C(=O)NS(=O)(=O)c3cccc([N+](=O)[O-])n3)cn2)c1.[HH].[HH].[HH]. The summed E-state index contributed by atoms with van der Waals surface area (Å²) < 4.78 is 90.8. The van der Waals surface area contributed by atoms with Crippen LogP contribution in [0.4, 0.5) is 20.4 Å². The van der Waals surface area contributed by atoms with Crippen molar-refractivity contribution in [1.29, 1.82) is 0 Å². The molecule has 0 aliphatic carbocycles. The van der Waals surface area contributed by atoms with Gasteiger partial charge in [0, 0.05) is 52.1 Å². The van der Waals surface area contributed by atoms with E-state index in [1.54, 1.807) is 16.9 Å². The number of carbonyl (C=O) groups excluding carboxylic acids is 2. The minimum absolute atomic E-state index is 0. The van der Waals surface area contributed by atoms with E-state index in [0.717, 1.165) is 24.4 Å². The van der Waals surface area contributed by atoms with Crippen LogP contribution in [0.5, 0.6) is 11.5 Å². The number of halogens is 4. The Morgan fingerprint density at radius 2 is 1.26 bits per heavy atom. The number of nitro groups is 1. The highest BCUT2D eigenvalue weighted by molar-refractivity contribution is 7.92. The molecule has 0 spiro atoms. The lowest BCUT2D eigenvalue weighted by atomic mass is 10.1. The Labute approximate surface area is 391 Å². The van der Waals surface area contributed by atoms with Crippen LogP contribution in [-0.4, -0.2) is 72.4 Å². The van der Waals surface area contributed by atoms with Gasteiger partial charge in [-0.2, -0.15) is 8.42 Å². The van der Waals surface area contributed by atoms with E-state index in [0.29, 0.717) is 41.5 Å². The summed E-state index contributed by atoms with van der Waals surface area (Å²) in [4.78, 5) is 50.5. The molecule has 2 aromatic carbocycles. The van der Waals surface area contributed by atoms with Gasteiger partial charge in [0.25, 0.3) is 10.9 Å². The van der Waals surface area contributed by atoms with Crippen molar-refractivity contribution >= 4 is 66.4 Å². The summed E-state index contributed by atoms with van der Waals surface area (Å²) in [7, 11) is -8.56. The number of anilines is 1. The summed E-state index contributed by atoms with van der Waals surface area (Å²) in [6.07, 6.45) is 2.20. The third-order valence-corrected chi connectivity index (χ3v) is 11.9. The number of nitrogens with zero attached hydrogens (tertiary/aromatic N) is 5. The van der Waals surface area contributed by atoms with E-state index in [2.05, 4.69) is 19.9 Å². The molecule has 0 bridgehead atoms. The van der Waals surface area contributed by atoms with E-state index >= 15 is 0 Å². The zero-order valence-electron chi connectivity index (χ0n) is 35.2. The minimum atomic E-state index is -4.54. The Hall–Kier alpha value is -6.68. The number of nitrogens with one attached hydrogen (secondary N) is 1. The standard InChI is InChI=1S/C22H21ClFN3O4S.C21H18ClFN4O6S.3H2/c1-13(2)11-31-16-7-14(6-15(24)8-16)19-9-18(23)17(10-26-19)20(28)12-32(29,30)22-5-3-4-21(25)27-22;1-12(2)11-33-15-7-13(6-14(23)8-15)18-9-17(22)16(10-24-18)21(28)26-34(31,32)20-5-3-4-19(25-20)27(29)30;;;/h3-10,13H,11-12H2,1-2H3,(H2,25,27);3-10,12H,11H2,1-2H3,(H,26,28);3*1H. The van der Waals surface area contributed by atoms with Gasteiger partial charge in [-0.15, -0.1) is 0 Å². The Kier molecular flexibility index (Phi) is 16.4. The molecule has 0 aliphatic rings. The number of nitrogen functional groups attached to an aromatic ring is 1. The second-order valence-corrected chi connectivity index (χ2v) is 19.3. The largest absolute Gasteiger partial charge is 0.493 e. The Balaban J connectivity index is 0.000000454. The number of ether oxygens (including phenoxy) is 2. The second-order valence-electron chi connectivity index (χ2n) is 15.0. The molecular formula is C43H45Cl2F2N7O10S2. The first-order valence-corrected chi connectivity index (χ1v) is 23.3. The van der Waals surface area contributed by atoms with E-state index in [4.69, 9.17) is 38.4 Å². The molecule has 6 aromatic rings. The topological polar surface area (TPSA) is 254 Å². The fourth-order valence-corrected chi connectivity index (χ4v) is 8.08. The fraction of sp³-hybridized carbons (Fsp3) is 0.209. The van der Waals surface area contributed by atoms with Crippen LogP contribution >= 0.6 is 23.2 Å². The van der Waals surface area contributed by atoms with Crippen LogP contribution in [0.2, 0.25) is 10.0 Å². The minimum Gasteiger partial charge on any atom is -0.493 e. The number of nitrogens with two attached hydrogens (primary N) is 1. The Morgan fingerprint density at radius 3 is 1.74 bits per heavy atom. The van der Waals surface area contributed by atoms with Gasteiger partial charge in [0.15, 0.2) is 10.8 Å². The number of rotatable bonds is 16. The molecular weight excluding hydrogens is 948 g/mol. The molecule has 4 heterocycles. The molecule has 0 saturated heterocycles. The van der Waals surface area contributed by atoms with Crippen LogP contribution in [0.15, 0.2) is 107 Å². The summed E-state index contributed by atoms with van der Waals surface area (Å²) in [5.74, 6) is -3.36. The van der Waals surface area contributed by atoms with Crippen molar-refractivity contribution in [1.82, 2.24) is 24.7 Å². The summed E-state index contributed by atoms with van der Waals surface area (Å²) in [6, 6.07) is 18.0.